The van der Waals surface area contributed by atoms with Gasteiger partial charge in [0.2, 0.25) is 0 Å². The van der Waals surface area contributed by atoms with Crippen molar-refractivity contribution >= 4 is 12.2 Å². The third-order valence-corrected chi connectivity index (χ3v) is 10.2. The van der Waals surface area contributed by atoms with Crippen molar-refractivity contribution in [1.29, 1.82) is 0 Å². The van der Waals surface area contributed by atoms with Crippen LogP contribution in [0.3, 0.4) is 0 Å². The van der Waals surface area contributed by atoms with Crippen LogP contribution >= 0.6 is 0 Å². The molecule has 172 valence electrons. The number of fused-ring (bicyclic) bond motifs is 5. The van der Waals surface area contributed by atoms with Crippen LogP contribution in [0.15, 0.2) is 17.0 Å². The van der Waals surface area contributed by atoms with Crippen molar-refractivity contribution in [3.63, 3.8) is 0 Å². The zero-order valence-electron chi connectivity index (χ0n) is 18.3. The molecule has 4 saturated carbocycles. The number of carbonyl (C=O) groups is 1. The van der Waals surface area contributed by atoms with Crippen molar-refractivity contribution in [2.75, 3.05) is 0 Å². The summed E-state index contributed by atoms with van der Waals surface area (Å²) in [5.74, 6) is -0.00806. The van der Waals surface area contributed by atoms with Crippen LogP contribution in [-0.2, 0) is 9.53 Å². The van der Waals surface area contributed by atoms with Gasteiger partial charge in [0.1, 0.15) is 0 Å². The van der Waals surface area contributed by atoms with E-state index in [4.69, 9.17) is 4.74 Å². The van der Waals surface area contributed by atoms with Gasteiger partial charge in [-0.25, -0.2) is 0 Å². The first-order valence-electron chi connectivity index (χ1n) is 11.9. The zero-order valence-corrected chi connectivity index (χ0v) is 18.3. The average molecular weight is 434 g/mol. The molecule has 1 aliphatic heterocycles. The number of carbonyl (C=O) groups excluding carboxylic acids is 1. The van der Waals surface area contributed by atoms with E-state index < -0.39 is 22.7 Å². The van der Waals surface area contributed by atoms with Gasteiger partial charge in [-0.05, 0) is 81.1 Å². The molecule has 1 heterocycles. The predicted octanol–water partition coefficient (Wildman–Crippen LogP) is 2.90. The predicted molar refractivity (Wildman–Crippen MR) is 112 cm³/mol. The zero-order chi connectivity index (χ0) is 22.1. The molecule has 4 N–H and O–H groups in total. The molecule has 0 aromatic rings. The maximum absolute atomic E-state index is 12.3. The average Bonchev–Trinajstić information content (AvgIpc) is 3.01. The van der Waals surface area contributed by atoms with Gasteiger partial charge in [0, 0.05) is 23.7 Å². The minimum Gasteiger partial charge on any atom is -0.435 e. The van der Waals surface area contributed by atoms with Crippen molar-refractivity contribution in [2.24, 2.45) is 33.7 Å². The molecule has 0 radical (unpaired) electrons. The fraction of sp³-hybridized carbons (Fsp3) is 0.833. The molecular formula is C24H35NO6. The molecular weight excluding hydrogens is 398 g/mol. The normalized spacial score (nSPS) is 52.1. The number of hydrogen-bond donors (Lipinski definition) is 4. The minimum absolute atomic E-state index is 0.00323. The highest BCUT2D eigenvalue weighted by Gasteiger charge is 2.71. The lowest BCUT2D eigenvalue weighted by Gasteiger charge is -2.65. The molecule has 7 heteroatoms. The Bertz CT molecular complexity index is 827. The summed E-state index contributed by atoms with van der Waals surface area (Å²) in [5.41, 5.74) is -1.89. The minimum atomic E-state index is -1.11. The first-order valence-corrected chi connectivity index (χ1v) is 11.9. The Morgan fingerprint density at radius 3 is 2.55 bits per heavy atom. The van der Waals surface area contributed by atoms with Crippen molar-refractivity contribution < 1.29 is 30.1 Å². The van der Waals surface area contributed by atoms with Crippen molar-refractivity contribution in [2.45, 2.75) is 94.9 Å². The fourth-order valence-electron chi connectivity index (χ4n) is 8.64. The molecule has 5 rings (SSSR count). The maximum Gasteiger partial charge on any atom is 0.310 e. The van der Waals surface area contributed by atoms with Crippen LogP contribution in [0.5, 0.6) is 0 Å². The van der Waals surface area contributed by atoms with Gasteiger partial charge in [-0.2, -0.15) is 0 Å². The maximum atomic E-state index is 12.3. The SMILES string of the molecule is C[C@]12CCC3[C@@H](CC[C@]4(O)C[C@@H](O)CC[C@]34C=NO)[C@@]1(O)CC[C@@H]2C1=COC(=O)CC1. The number of cyclic esters (lactones) is 1. The van der Waals surface area contributed by atoms with Crippen molar-refractivity contribution in [1.82, 2.24) is 0 Å². The quantitative estimate of drug-likeness (QED) is 0.230. The molecule has 1 unspecified atom stereocenters. The van der Waals surface area contributed by atoms with Gasteiger partial charge in [0.05, 0.1) is 29.8 Å². The van der Waals surface area contributed by atoms with Gasteiger partial charge in [-0.1, -0.05) is 6.92 Å². The lowest BCUT2D eigenvalue weighted by atomic mass is 9.41. The molecule has 5 aliphatic rings. The molecule has 0 bridgehead atoms. The number of aliphatic hydroxyl groups excluding tert-OH is 1. The summed E-state index contributed by atoms with van der Waals surface area (Å²) in [7, 11) is 0. The molecule has 0 amide bonds. The summed E-state index contributed by atoms with van der Waals surface area (Å²) in [6.45, 7) is 2.19. The van der Waals surface area contributed by atoms with E-state index in [0.29, 0.717) is 51.4 Å². The summed E-state index contributed by atoms with van der Waals surface area (Å²) < 4.78 is 5.22. The summed E-state index contributed by atoms with van der Waals surface area (Å²) in [6, 6.07) is 0. The molecule has 0 aromatic heterocycles. The van der Waals surface area contributed by atoms with Crippen molar-refractivity contribution in [3.8, 4) is 0 Å². The van der Waals surface area contributed by atoms with Gasteiger partial charge in [0.15, 0.2) is 0 Å². The molecule has 31 heavy (non-hydrogen) atoms. The van der Waals surface area contributed by atoms with Crippen LogP contribution in [0.1, 0.15) is 77.6 Å². The van der Waals surface area contributed by atoms with Crippen LogP contribution in [0.25, 0.3) is 0 Å². The topological polar surface area (TPSA) is 120 Å². The Hall–Kier alpha value is -1.44. The standard InChI is InChI=1S/C24H35NO6/c1-21-8-5-18-19(6-10-23(28)12-16(26)4-9-22(18,23)14-25-30)24(21,29)11-7-17(21)15-2-3-20(27)31-13-15/h13-14,16-19,26,28-30H,2-12H2,1H3/t16-,17+,18?,19+,21+,22-,23-,24-/m0/s1. The molecule has 0 aromatic carbocycles. The second-order valence-electron chi connectivity index (χ2n) is 11.1. The number of allylic oxidation sites excluding steroid dienone is 1. The number of ether oxygens (including phenoxy) is 1. The van der Waals surface area contributed by atoms with Crippen LogP contribution in [-0.4, -0.2) is 50.0 Å². The number of nitrogens with zero attached hydrogens (tertiary/aromatic N) is 1. The van der Waals surface area contributed by atoms with Gasteiger partial charge in [-0.15, -0.1) is 5.16 Å². The second-order valence-corrected chi connectivity index (χ2v) is 11.1. The number of esters is 1. The second kappa shape index (κ2) is 7.03. The highest BCUT2D eigenvalue weighted by atomic mass is 16.5. The van der Waals surface area contributed by atoms with E-state index in [1.807, 2.05) is 0 Å². The van der Waals surface area contributed by atoms with Gasteiger partial charge >= 0.3 is 5.97 Å². The Kier molecular flexibility index (Phi) is 4.85. The lowest BCUT2D eigenvalue weighted by Crippen LogP contribution is -2.68. The highest BCUT2D eigenvalue weighted by Crippen LogP contribution is 2.70. The number of rotatable bonds is 2. The third kappa shape index (κ3) is 2.75. The van der Waals surface area contributed by atoms with Gasteiger partial charge in [-0.3, -0.25) is 4.79 Å². The van der Waals surface area contributed by atoms with E-state index in [1.54, 1.807) is 6.26 Å². The monoisotopic (exact) mass is 433 g/mol. The molecule has 0 spiro atoms. The summed E-state index contributed by atoms with van der Waals surface area (Å²) >= 11 is 0. The number of aliphatic hydroxyl groups is 3. The van der Waals surface area contributed by atoms with E-state index in [1.165, 1.54) is 6.21 Å². The first-order chi connectivity index (χ1) is 14.7. The highest BCUT2D eigenvalue weighted by molar-refractivity contribution is 5.71. The van der Waals surface area contributed by atoms with E-state index >= 15 is 0 Å². The summed E-state index contributed by atoms with van der Waals surface area (Å²) in [4.78, 5) is 11.5. The van der Waals surface area contributed by atoms with Crippen LogP contribution in [0.2, 0.25) is 0 Å². The smallest absolute Gasteiger partial charge is 0.310 e. The van der Waals surface area contributed by atoms with Crippen LogP contribution in [0, 0.1) is 28.6 Å². The van der Waals surface area contributed by atoms with Crippen LogP contribution in [0.4, 0.5) is 0 Å². The van der Waals surface area contributed by atoms with E-state index in [0.717, 1.165) is 24.8 Å². The Morgan fingerprint density at radius 1 is 1.06 bits per heavy atom. The fourth-order valence-corrected chi connectivity index (χ4v) is 8.64. The first kappa shape index (κ1) is 21.4. The number of hydrogen-bond acceptors (Lipinski definition) is 7. The summed E-state index contributed by atoms with van der Waals surface area (Å²) in [6.07, 6.45) is 9.49. The molecule has 4 fully saturated rings. The Balaban J connectivity index is 1.51. The van der Waals surface area contributed by atoms with Crippen LogP contribution < -0.4 is 0 Å². The molecule has 4 aliphatic carbocycles. The van der Waals surface area contributed by atoms with Gasteiger partial charge < -0.3 is 25.3 Å². The van der Waals surface area contributed by atoms with Gasteiger partial charge in [0.25, 0.3) is 0 Å². The third-order valence-electron chi connectivity index (χ3n) is 10.2. The Morgan fingerprint density at radius 2 is 1.84 bits per heavy atom. The lowest BCUT2D eigenvalue weighted by molar-refractivity contribution is -0.237. The van der Waals surface area contributed by atoms with E-state index in [-0.39, 0.29) is 29.1 Å². The van der Waals surface area contributed by atoms with Crippen molar-refractivity contribution in [3.05, 3.63) is 11.8 Å². The van der Waals surface area contributed by atoms with E-state index in [9.17, 15) is 25.3 Å². The molecule has 7 nitrogen and oxygen atoms in total. The summed E-state index contributed by atoms with van der Waals surface area (Å²) in [5, 5.41) is 47.1. The van der Waals surface area contributed by atoms with E-state index in [2.05, 4.69) is 12.1 Å². The largest absolute Gasteiger partial charge is 0.435 e. The number of oxime groups is 1. The Labute approximate surface area is 183 Å². The molecule has 0 saturated heterocycles. The molecule has 8 atom stereocenters.